The molecule has 0 unspecified atom stereocenters. The van der Waals surface area contributed by atoms with Gasteiger partial charge < -0.3 is 15.5 Å². The molecule has 1 aromatic heterocycles. The van der Waals surface area contributed by atoms with Crippen molar-refractivity contribution in [3.05, 3.63) is 40.0 Å². The number of rotatable bonds is 6. The summed E-state index contributed by atoms with van der Waals surface area (Å²) in [6.45, 7) is 10.6. The number of carbonyl (C=O) groups excluding carboxylic acids is 2. The Bertz CT molecular complexity index is 889. The average Bonchev–Trinajstić information content (AvgIpc) is 3.06. The maximum absolute atomic E-state index is 12.6. The molecule has 1 aromatic carbocycles. The Hall–Kier alpha value is -2.25. The topological polar surface area (TPSA) is 79.3 Å². The van der Waals surface area contributed by atoms with Crippen LogP contribution < -0.4 is 10.6 Å². The van der Waals surface area contributed by atoms with E-state index in [1.807, 2.05) is 40.7 Å². The van der Waals surface area contributed by atoms with Crippen molar-refractivity contribution >= 4 is 41.0 Å². The van der Waals surface area contributed by atoms with E-state index in [-0.39, 0.29) is 23.9 Å². The van der Waals surface area contributed by atoms with Crippen molar-refractivity contribution in [2.45, 2.75) is 40.0 Å². The van der Waals surface area contributed by atoms with Crippen LogP contribution >= 0.6 is 23.2 Å². The Kier molecular flexibility index (Phi) is 7.54. The first-order valence-electron chi connectivity index (χ1n) is 9.45. The van der Waals surface area contributed by atoms with Crippen LogP contribution in [0.3, 0.4) is 0 Å². The van der Waals surface area contributed by atoms with Crippen LogP contribution in [0.1, 0.15) is 40.3 Å². The Morgan fingerprint density at radius 1 is 1.14 bits per heavy atom. The lowest BCUT2D eigenvalue weighted by atomic mass is 9.92. The van der Waals surface area contributed by atoms with Crippen LogP contribution in [0.2, 0.25) is 10.0 Å². The zero-order valence-electron chi connectivity index (χ0n) is 17.3. The van der Waals surface area contributed by atoms with Crippen LogP contribution in [-0.4, -0.2) is 46.3 Å². The second-order valence-corrected chi connectivity index (χ2v) is 8.39. The summed E-state index contributed by atoms with van der Waals surface area (Å²) in [7, 11) is 0. The van der Waals surface area contributed by atoms with Crippen molar-refractivity contribution in [2.75, 3.05) is 25.0 Å². The van der Waals surface area contributed by atoms with Gasteiger partial charge >= 0.3 is 6.03 Å². The van der Waals surface area contributed by atoms with Crippen molar-refractivity contribution in [2.24, 2.45) is 0 Å². The van der Waals surface area contributed by atoms with Crippen molar-refractivity contribution in [3.63, 3.8) is 0 Å². The number of nitrogens with zero attached hydrogens (tertiary/aromatic N) is 3. The first-order chi connectivity index (χ1) is 13.6. The Morgan fingerprint density at radius 3 is 2.38 bits per heavy atom. The highest BCUT2D eigenvalue weighted by molar-refractivity contribution is 6.42. The van der Waals surface area contributed by atoms with Crippen LogP contribution in [-0.2, 0) is 10.2 Å². The van der Waals surface area contributed by atoms with E-state index >= 15 is 0 Å². The number of aromatic nitrogens is 2. The van der Waals surface area contributed by atoms with Gasteiger partial charge in [-0.25, -0.2) is 9.48 Å². The summed E-state index contributed by atoms with van der Waals surface area (Å²) < 4.78 is 1.61. The fourth-order valence-corrected chi connectivity index (χ4v) is 2.89. The van der Waals surface area contributed by atoms with Crippen molar-refractivity contribution in [1.29, 1.82) is 0 Å². The SMILES string of the molecule is CCNC(=O)N(CC)CC(=O)Nc1cc(C(C)(C)C)nn1-c1ccc(Cl)c(Cl)c1. The molecule has 0 spiro atoms. The number of anilines is 1. The third-order valence-corrected chi connectivity index (χ3v) is 4.96. The molecule has 0 aliphatic carbocycles. The summed E-state index contributed by atoms with van der Waals surface area (Å²) in [6, 6.07) is 6.68. The molecule has 0 atom stereocenters. The fraction of sp³-hybridized carbons (Fsp3) is 0.450. The zero-order chi connectivity index (χ0) is 21.8. The van der Waals surface area contributed by atoms with E-state index in [0.717, 1.165) is 5.69 Å². The molecule has 3 amide bonds. The van der Waals surface area contributed by atoms with Gasteiger partial charge in [-0.2, -0.15) is 5.10 Å². The lowest BCUT2D eigenvalue weighted by Gasteiger charge is -2.20. The molecular weight excluding hydrogens is 413 g/mol. The molecule has 158 valence electrons. The maximum Gasteiger partial charge on any atom is 0.317 e. The normalized spacial score (nSPS) is 11.3. The van der Waals surface area contributed by atoms with E-state index in [1.54, 1.807) is 22.9 Å². The summed E-state index contributed by atoms with van der Waals surface area (Å²) >= 11 is 12.2. The summed E-state index contributed by atoms with van der Waals surface area (Å²) in [6.07, 6.45) is 0. The number of halogens is 2. The van der Waals surface area contributed by atoms with Gasteiger partial charge in [0.15, 0.2) is 0 Å². The standard InChI is InChI=1S/C20H27Cl2N5O2/c1-6-23-19(29)26(7-2)12-18(28)24-17-11-16(20(3,4)5)25-27(17)13-8-9-14(21)15(22)10-13/h8-11H,6-7,12H2,1-5H3,(H,23,29)(H,24,28). The highest BCUT2D eigenvalue weighted by Gasteiger charge is 2.23. The molecule has 0 radical (unpaired) electrons. The van der Waals surface area contributed by atoms with Gasteiger partial charge in [0.1, 0.15) is 12.4 Å². The van der Waals surface area contributed by atoms with E-state index in [1.165, 1.54) is 4.90 Å². The van der Waals surface area contributed by atoms with Gasteiger partial charge in [-0.05, 0) is 32.0 Å². The minimum absolute atomic E-state index is 0.0697. The Labute approximate surface area is 181 Å². The number of amides is 3. The summed E-state index contributed by atoms with van der Waals surface area (Å²) in [5.41, 5.74) is 1.24. The van der Waals surface area contributed by atoms with Gasteiger partial charge in [-0.15, -0.1) is 0 Å². The zero-order valence-corrected chi connectivity index (χ0v) is 18.9. The number of nitrogens with one attached hydrogen (secondary N) is 2. The molecule has 0 saturated heterocycles. The summed E-state index contributed by atoms with van der Waals surface area (Å²) in [5, 5.41) is 11.0. The second kappa shape index (κ2) is 9.50. The third kappa shape index (κ3) is 5.87. The second-order valence-electron chi connectivity index (χ2n) is 7.57. The van der Waals surface area contributed by atoms with Crippen molar-refractivity contribution in [1.82, 2.24) is 20.0 Å². The molecule has 2 rings (SSSR count). The summed E-state index contributed by atoms with van der Waals surface area (Å²) in [5.74, 6) is 0.171. The number of carbonyl (C=O) groups is 2. The lowest BCUT2D eigenvalue weighted by molar-refractivity contribution is -0.116. The quantitative estimate of drug-likeness (QED) is 0.696. The highest BCUT2D eigenvalue weighted by Crippen LogP contribution is 2.29. The smallest absolute Gasteiger partial charge is 0.317 e. The van der Waals surface area contributed by atoms with E-state index in [9.17, 15) is 9.59 Å². The molecule has 7 nitrogen and oxygen atoms in total. The van der Waals surface area contributed by atoms with E-state index in [4.69, 9.17) is 23.2 Å². The van der Waals surface area contributed by atoms with Crippen molar-refractivity contribution in [3.8, 4) is 5.69 Å². The predicted octanol–water partition coefficient (Wildman–Crippen LogP) is 4.47. The van der Waals surface area contributed by atoms with E-state index in [0.29, 0.717) is 34.6 Å². The van der Waals surface area contributed by atoms with Gasteiger partial charge in [0, 0.05) is 24.6 Å². The maximum atomic E-state index is 12.6. The van der Waals surface area contributed by atoms with Crippen LogP contribution in [0.25, 0.3) is 5.69 Å². The minimum Gasteiger partial charge on any atom is -0.338 e. The average molecular weight is 440 g/mol. The fourth-order valence-electron chi connectivity index (χ4n) is 2.60. The van der Waals surface area contributed by atoms with E-state index < -0.39 is 0 Å². The van der Waals surface area contributed by atoms with Crippen LogP contribution in [0.5, 0.6) is 0 Å². The van der Waals surface area contributed by atoms with Crippen LogP contribution in [0.15, 0.2) is 24.3 Å². The molecule has 29 heavy (non-hydrogen) atoms. The van der Waals surface area contributed by atoms with Gasteiger partial charge in [0.2, 0.25) is 5.91 Å². The van der Waals surface area contributed by atoms with E-state index in [2.05, 4.69) is 15.7 Å². The summed E-state index contributed by atoms with van der Waals surface area (Å²) in [4.78, 5) is 26.1. The Balaban J connectivity index is 2.33. The number of hydrogen-bond acceptors (Lipinski definition) is 3. The molecule has 0 aliphatic heterocycles. The predicted molar refractivity (Wildman–Crippen MR) is 117 cm³/mol. The van der Waals surface area contributed by atoms with Gasteiger partial charge in [0.05, 0.1) is 21.4 Å². The molecular formula is C20H27Cl2N5O2. The monoisotopic (exact) mass is 439 g/mol. The number of benzene rings is 1. The first-order valence-corrected chi connectivity index (χ1v) is 10.2. The van der Waals surface area contributed by atoms with Crippen LogP contribution in [0.4, 0.5) is 10.6 Å². The number of hydrogen-bond donors (Lipinski definition) is 2. The van der Waals surface area contributed by atoms with Gasteiger partial charge in [-0.1, -0.05) is 44.0 Å². The molecule has 1 heterocycles. The molecule has 0 bridgehead atoms. The molecule has 9 heteroatoms. The molecule has 2 aromatic rings. The largest absolute Gasteiger partial charge is 0.338 e. The minimum atomic E-state index is -0.320. The molecule has 0 aliphatic rings. The molecule has 2 N–H and O–H groups in total. The molecule has 0 fully saturated rings. The highest BCUT2D eigenvalue weighted by atomic mass is 35.5. The number of urea groups is 1. The Morgan fingerprint density at radius 2 is 1.83 bits per heavy atom. The van der Waals surface area contributed by atoms with Crippen molar-refractivity contribution < 1.29 is 9.59 Å². The van der Waals surface area contributed by atoms with Crippen LogP contribution in [0, 0.1) is 0 Å². The first kappa shape index (κ1) is 23.0. The number of likely N-dealkylation sites (N-methyl/N-ethyl adjacent to an activating group) is 1. The van der Waals surface area contributed by atoms with Gasteiger partial charge in [0.25, 0.3) is 0 Å². The van der Waals surface area contributed by atoms with Gasteiger partial charge in [-0.3, -0.25) is 4.79 Å². The lowest BCUT2D eigenvalue weighted by Crippen LogP contribution is -2.43. The molecule has 0 saturated carbocycles. The third-order valence-electron chi connectivity index (χ3n) is 4.22.